The first-order valence-corrected chi connectivity index (χ1v) is 10.5. The van der Waals surface area contributed by atoms with E-state index in [9.17, 15) is 46.0 Å². The quantitative estimate of drug-likeness (QED) is 0.152. The molecule has 15 nitrogen and oxygen atoms in total. The SMILES string of the molecule is OCC(O)C1OCC(O)C1O[C@@H]1OC(CO)[C@H](O[C@@H]2OC(CO)[C@@H](O)C(O)C2O)C(O)C1O. The summed E-state index contributed by atoms with van der Waals surface area (Å²) in [4.78, 5) is 0. The average Bonchev–Trinajstić information content (AvgIpc) is 3.17. The van der Waals surface area contributed by atoms with Crippen LogP contribution in [0.25, 0.3) is 0 Å². The van der Waals surface area contributed by atoms with E-state index in [4.69, 9.17) is 28.8 Å². The van der Waals surface area contributed by atoms with Gasteiger partial charge in [0.15, 0.2) is 12.6 Å². The van der Waals surface area contributed by atoms with Crippen molar-refractivity contribution in [3.05, 3.63) is 0 Å². The Morgan fingerprint density at radius 1 is 0.697 bits per heavy atom. The smallest absolute Gasteiger partial charge is 0.187 e. The summed E-state index contributed by atoms with van der Waals surface area (Å²) in [6, 6.07) is 0. The first-order valence-electron chi connectivity index (χ1n) is 10.5. The molecule has 0 spiro atoms. The molecule has 33 heavy (non-hydrogen) atoms. The molecule has 194 valence electrons. The predicted molar refractivity (Wildman–Crippen MR) is 100 cm³/mol. The van der Waals surface area contributed by atoms with Crippen molar-refractivity contribution in [1.29, 1.82) is 0 Å². The van der Waals surface area contributed by atoms with Gasteiger partial charge >= 0.3 is 0 Å². The lowest BCUT2D eigenvalue weighted by molar-refractivity contribution is -0.365. The zero-order valence-corrected chi connectivity index (χ0v) is 17.4. The highest BCUT2D eigenvalue weighted by molar-refractivity contribution is 4.96. The molecule has 0 saturated carbocycles. The average molecular weight is 488 g/mol. The van der Waals surface area contributed by atoms with Crippen LogP contribution in [0.15, 0.2) is 0 Å². The summed E-state index contributed by atoms with van der Waals surface area (Å²) >= 11 is 0. The van der Waals surface area contributed by atoms with Gasteiger partial charge in [0.25, 0.3) is 0 Å². The summed E-state index contributed by atoms with van der Waals surface area (Å²) < 4.78 is 26.8. The van der Waals surface area contributed by atoms with Gasteiger partial charge < -0.3 is 74.7 Å². The monoisotopic (exact) mass is 488 g/mol. The molecule has 3 aliphatic rings. The summed E-state index contributed by atoms with van der Waals surface area (Å²) in [7, 11) is 0. The van der Waals surface area contributed by atoms with Gasteiger partial charge in [0.1, 0.15) is 73.2 Å². The van der Waals surface area contributed by atoms with E-state index in [-0.39, 0.29) is 6.61 Å². The predicted octanol–water partition coefficient (Wildman–Crippen LogP) is -6.89. The zero-order valence-electron chi connectivity index (χ0n) is 17.4. The molecule has 0 aliphatic carbocycles. The third kappa shape index (κ3) is 5.48. The van der Waals surface area contributed by atoms with Gasteiger partial charge in [0, 0.05) is 0 Å². The molecule has 3 saturated heterocycles. The van der Waals surface area contributed by atoms with Crippen molar-refractivity contribution in [1.82, 2.24) is 0 Å². The van der Waals surface area contributed by atoms with Crippen LogP contribution in [-0.2, 0) is 23.7 Å². The summed E-state index contributed by atoms with van der Waals surface area (Å²) in [5, 5.41) is 99.1. The second-order valence-corrected chi connectivity index (χ2v) is 8.22. The molecular weight excluding hydrogens is 456 g/mol. The van der Waals surface area contributed by atoms with Crippen molar-refractivity contribution in [2.45, 2.75) is 85.8 Å². The minimum absolute atomic E-state index is 0.232. The van der Waals surface area contributed by atoms with E-state index in [1.807, 2.05) is 0 Å². The number of hydrogen-bond donors (Lipinski definition) is 10. The van der Waals surface area contributed by atoms with Crippen LogP contribution in [0.1, 0.15) is 0 Å². The normalized spacial score (nSPS) is 49.8. The van der Waals surface area contributed by atoms with E-state index < -0.39 is 106 Å². The fraction of sp³-hybridized carbons (Fsp3) is 1.00. The van der Waals surface area contributed by atoms with E-state index in [1.165, 1.54) is 0 Å². The Labute approximate surface area is 187 Å². The van der Waals surface area contributed by atoms with Gasteiger partial charge in [-0.25, -0.2) is 0 Å². The lowest BCUT2D eigenvalue weighted by Crippen LogP contribution is -2.65. The van der Waals surface area contributed by atoms with Gasteiger partial charge in [-0.05, 0) is 0 Å². The van der Waals surface area contributed by atoms with E-state index in [0.717, 1.165) is 0 Å². The molecule has 0 bridgehead atoms. The maximum atomic E-state index is 10.6. The summed E-state index contributed by atoms with van der Waals surface area (Å²) in [6.07, 6.45) is -21.3. The van der Waals surface area contributed by atoms with Crippen LogP contribution in [0.5, 0.6) is 0 Å². The highest BCUT2D eigenvalue weighted by Gasteiger charge is 2.52. The Morgan fingerprint density at radius 3 is 1.82 bits per heavy atom. The third-order valence-corrected chi connectivity index (χ3v) is 5.98. The lowest BCUT2D eigenvalue weighted by atomic mass is 9.97. The largest absolute Gasteiger partial charge is 0.394 e. The highest BCUT2D eigenvalue weighted by Crippen LogP contribution is 2.31. The van der Waals surface area contributed by atoms with Crippen molar-refractivity contribution in [2.24, 2.45) is 0 Å². The minimum atomic E-state index is -1.82. The molecule has 0 aromatic heterocycles. The molecule has 10 unspecified atom stereocenters. The van der Waals surface area contributed by atoms with E-state index >= 15 is 0 Å². The lowest BCUT2D eigenvalue weighted by Gasteiger charge is -2.46. The fourth-order valence-electron chi connectivity index (χ4n) is 4.04. The Morgan fingerprint density at radius 2 is 1.24 bits per heavy atom. The molecule has 3 fully saturated rings. The van der Waals surface area contributed by atoms with E-state index in [0.29, 0.717) is 0 Å². The van der Waals surface area contributed by atoms with E-state index in [1.54, 1.807) is 0 Å². The van der Waals surface area contributed by atoms with Gasteiger partial charge in [0.05, 0.1) is 26.4 Å². The van der Waals surface area contributed by atoms with Crippen LogP contribution in [0.3, 0.4) is 0 Å². The van der Waals surface area contributed by atoms with Crippen LogP contribution < -0.4 is 0 Å². The molecule has 14 atom stereocenters. The topological polar surface area (TPSA) is 248 Å². The third-order valence-electron chi connectivity index (χ3n) is 5.98. The molecule has 3 heterocycles. The minimum Gasteiger partial charge on any atom is -0.394 e. The first-order chi connectivity index (χ1) is 15.6. The molecule has 10 N–H and O–H groups in total. The Hall–Kier alpha value is -0.600. The Balaban J connectivity index is 1.70. The number of rotatable bonds is 8. The summed E-state index contributed by atoms with van der Waals surface area (Å²) in [5.74, 6) is 0. The Bertz CT molecular complexity index is 607. The molecule has 3 rings (SSSR count). The van der Waals surface area contributed by atoms with Crippen LogP contribution in [0, 0.1) is 0 Å². The summed E-state index contributed by atoms with van der Waals surface area (Å²) in [6.45, 7) is -2.41. The summed E-state index contributed by atoms with van der Waals surface area (Å²) in [5.41, 5.74) is 0. The maximum Gasteiger partial charge on any atom is 0.187 e. The van der Waals surface area contributed by atoms with E-state index in [2.05, 4.69) is 0 Å². The van der Waals surface area contributed by atoms with Gasteiger partial charge in [-0.1, -0.05) is 0 Å². The van der Waals surface area contributed by atoms with Crippen molar-refractivity contribution in [3.8, 4) is 0 Å². The number of hydrogen-bond acceptors (Lipinski definition) is 15. The fourth-order valence-corrected chi connectivity index (χ4v) is 4.04. The zero-order chi connectivity index (χ0) is 24.4. The van der Waals surface area contributed by atoms with Crippen molar-refractivity contribution < 1.29 is 74.7 Å². The number of ether oxygens (including phenoxy) is 5. The Kier molecular flexibility index (Phi) is 9.35. The molecule has 0 radical (unpaired) electrons. The van der Waals surface area contributed by atoms with Crippen molar-refractivity contribution >= 4 is 0 Å². The number of aliphatic hydroxyl groups is 10. The van der Waals surface area contributed by atoms with Crippen LogP contribution in [0.4, 0.5) is 0 Å². The second-order valence-electron chi connectivity index (χ2n) is 8.22. The van der Waals surface area contributed by atoms with Crippen molar-refractivity contribution in [3.63, 3.8) is 0 Å². The standard InChI is InChI=1S/C18H32O15/c19-1-5(22)14-15(6(23)4-29-14)32-18-13(28)11(26)16(8(3-21)31-18)33-17-12(27)10(25)9(24)7(2-20)30-17/h5-28H,1-4H2/t5?,6?,7?,8?,9-,10?,11?,12?,13?,14?,15?,16+,17+,18+/m1/s1. The molecule has 3 aliphatic heterocycles. The van der Waals surface area contributed by atoms with Crippen LogP contribution in [0.2, 0.25) is 0 Å². The van der Waals surface area contributed by atoms with Gasteiger partial charge in [-0.3, -0.25) is 0 Å². The number of aliphatic hydroxyl groups excluding tert-OH is 10. The van der Waals surface area contributed by atoms with Gasteiger partial charge in [-0.15, -0.1) is 0 Å². The molecule has 15 heteroatoms. The van der Waals surface area contributed by atoms with Gasteiger partial charge in [-0.2, -0.15) is 0 Å². The highest BCUT2D eigenvalue weighted by atomic mass is 16.7. The van der Waals surface area contributed by atoms with Crippen molar-refractivity contribution in [2.75, 3.05) is 26.4 Å². The van der Waals surface area contributed by atoms with Crippen LogP contribution >= 0.6 is 0 Å². The molecular formula is C18H32O15. The second kappa shape index (κ2) is 11.4. The molecule has 0 aromatic carbocycles. The van der Waals surface area contributed by atoms with Crippen LogP contribution in [-0.4, -0.2) is 163 Å². The maximum absolute atomic E-state index is 10.6. The first kappa shape index (κ1) is 27.0. The van der Waals surface area contributed by atoms with Gasteiger partial charge in [0.2, 0.25) is 0 Å². The molecule has 0 aromatic rings. The molecule has 0 amide bonds.